The van der Waals surface area contributed by atoms with E-state index in [0.717, 1.165) is 70.6 Å². The lowest BCUT2D eigenvalue weighted by molar-refractivity contribution is -0.142. The third-order valence-corrected chi connectivity index (χ3v) is 6.69. The molecule has 0 aromatic rings. The number of aliphatic carboxylic acids is 3. The van der Waals surface area contributed by atoms with Crippen LogP contribution in [-0.2, 0) is 14.4 Å². The summed E-state index contributed by atoms with van der Waals surface area (Å²) in [5.41, 5.74) is 0. The van der Waals surface area contributed by atoms with Crippen molar-refractivity contribution in [1.29, 1.82) is 0 Å². The Kier molecular flexibility index (Phi) is 30.1. The van der Waals surface area contributed by atoms with Gasteiger partial charge in [-0.3, -0.25) is 14.4 Å². The summed E-state index contributed by atoms with van der Waals surface area (Å²) in [5.74, 6) is -2.24. The Labute approximate surface area is 221 Å². The number of unbranched alkanes of at least 4 members (excludes halogenated alkanes) is 17. The Hall–Kier alpha value is -1.59. The molecule has 0 heterocycles. The summed E-state index contributed by atoms with van der Waals surface area (Å²) in [4.78, 5) is 31.7. The van der Waals surface area contributed by atoms with Gasteiger partial charge in [0.1, 0.15) is 0 Å². The standard InChI is InChI=1S/C16H30O4.C14H28O2/c1-2-3-4-8-11-14(16(19)20)12-9-6-5-7-10-13-15(17)18;1-2-3-4-5-6-7-8-9-10-11-12-13-14(15)16/h14H,2-13H2,1H3,(H,17,18)(H,19,20);2-13H2,1H3,(H,15,16). The first kappa shape index (κ1) is 36.6. The van der Waals surface area contributed by atoms with Gasteiger partial charge in [-0.15, -0.1) is 0 Å². The first-order valence-electron chi connectivity index (χ1n) is 15.0. The van der Waals surface area contributed by atoms with E-state index in [1.54, 1.807) is 0 Å². The molecule has 36 heavy (non-hydrogen) atoms. The summed E-state index contributed by atoms with van der Waals surface area (Å²) in [5, 5.41) is 26.1. The molecule has 0 fully saturated rings. The van der Waals surface area contributed by atoms with E-state index in [2.05, 4.69) is 13.8 Å². The SMILES string of the molecule is CCCCCCC(CCCCCCCC(=O)O)C(=O)O.CCCCCCCCCCCCCC(=O)O. The first-order chi connectivity index (χ1) is 17.3. The summed E-state index contributed by atoms with van der Waals surface area (Å²) in [7, 11) is 0. The molecule has 214 valence electrons. The minimum Gasteiger partial charge on any atom is -0.481 e. The average Bonchev–Trinajstić information content (AvgIpc) is 2.83. The smallest absolute Gasteiger partial charge is 0.306 e. The fourth-order valence-corrected chi connectivity index (χ4v) is 4.35. The molecular weight excluding hydrogens is 456 g/mol. The number of hydrogen-bond acceptors (Lipinski definition) is 3. The van der Waals surface area contributed by atoms with Gasteiger partial charge in [-0.2, -0.15) is 0 Å². The van der Waals surface area contributed by atoms with Crippen LogP contribution >= 0.6 is 0 Å². The molecule has 0 amide bonds. The predicted octanol–water partition coefficient (Wildman–Crippen LogP) is 9.25. The maximum Gasteiger partial charge on any atom is 0.306 e. The van der Waals surface area contributed by atoms with E-state index in [1.165, 1.54) is 70.6 Å². The van der Waals surface area contributed by atoms with Gasteiger partial charge in [0.25, 0.3) is 0 Å². The topological polar surface area (TPSA) is 112 Å². The van der Waals surface area contributed by atoms with Crippen LogP contribution in [0, 0.1) is 5.92 Å². The zero-order valence-corrected chi connectivity index (χ0v) is 23.6. The number of hydrogen-bond donors (Lipinski definition) is 3. The van der Waals surface area contributed by atoms with Gasteiger partial charge in [0.05, 0.1) is 5.92 Å². The highest BCUT2D eigenvalue weighted by Gasteiger charge is 2.16. The molecule has 0 aromatic heterocycles. The Morgan fingerprint density at radius 3 is 1.03 bits per heavy atom. The summed E-state index contributed by atoms with van der Waals surface area (Å²) in [6.45, 7) is 4.40. The molecule has 0 aliphatic rings. The van der Waals surface area contributed by atoms with Crippen molar-refractivity contribution in [3.05, 3.63) is 0 Å². The fourth-order valence-electron chi connectivity index (χ4n) is 4.35. The van der Waals surface area contributed by atoms with Gasteiger partial charge in [-0.1, -0.05) is 129 Å². The zero-order valence-electron chi connectivity index (χ0n) is 23.6. The summed E-state index contributed by atoms with van der Waals surface area (Å²) in [6, 6.07) is 0. The largest absolute Gasteiger partial charge is 0.481 e. The van der Waals surface area contributed by atoms with Crippen molar-refractivity contribution >= 4 is 17.9 Å². The molecule has 0 saturated carbocycles. The number of rotatable bonds is 26. The normalized spacial score (nSPS) is 11.5. The van der Waals surface area contributed by atoms with E-state index in [-0.39, 0.29) is 12.3 Å². The van der Waals surface area contributed by atoms with Gasteiger partial charge in [-0.25, -0.2) is 0 Å². The highest BCUT2D eigenvalue weighted by molar-refractivity contribution is 5.69. The van der Waals surface area contributed by atoms with Gasteiger partial charge < -0.3 is 15.3 Å². The second-order valence-electron chi connectivity index (χ2n) is 10.3. The number of carbonyl (C=O) groups is 3. The highest BCUT2D eigenvalue weighted by atomic mass is 16.4. The van der Waals surface area contributed by atoms with E-state index in [1.807, 2.05) is 0 Å². The van der Waals surface area contributed by atoms with Crippen LogP contribution in [0.4, 0.5) is 0 Å². The van der Waals surface area contributed by atoms with Crippen LogP contribution < -0.4 is 0 Å². The van der Waals surface area contributed by atoms with Crippen molar-refractivity contribution in [3.63, 3.8) is 0 Å². The molecule has 0 radical (unpaired) electrons. The Morgan fingerprint density at radius 1 is 0.444 bits per heavy atom. The molecule has 3 N–H and O–H groups in total. The fraction of sp³-hybridized carbons (Fsp3) is 0.900. The molecule has 1 unspecified atom stereocenters. The monoisotopic (exact) mass is 514 g/mol. The Bertz CT molecular complexity index is 506. The maximum atomic E-state index is 11.1. The summed E-state index contributed by atoms with van der Waals surface area (Å²) < 4.78 is 0. The van der Waals surface area contributed by atoms with Crippen LogP contribution in [0.3, 0.4) is 0 Å². The molecule has 1 atom stereocenters. The van der Waals surface area contributed by atoms with Crippen LogP contribution in [0.1, 0.15) is 168 Å². The Morgan fingerprint density at radius 2 is 0.722 bits per heavy atom. The number of carboxylic acid groups (broad SMARTS) is 3. The second kappa shape index (κ2) is 29.6. The highest BCUT2D eigenvalue weighted by Crippen LogP contribution is 2.19. The van der Waals surface area contributed by atoms with Crippen LogP contribution in [0.5, 0.6) is 0 Å². The van der Waals surface area contributed by atoms with Crippen molar-refractivity contribution < 1.29 is 29.7 Å². The Balaban J connectivity index is 0. The van der Waals surface area contributed by atoms with Gasteiger partial charge >= 0.3 is 17.9 Å². The molecule has 0 bridgehead atoms. The molecule has 0 rings (SSSR count). The molecule has 6 heteroatoms. The van der Waals surface area contributed by atoms with Crippen LogP contribution in [0.25, 0.3) is 0 Å². The third kappa shape index (κ3) is 32.4. The van der Waals surface area contributed by atoms with E-state index in [9.17, 15) is 14.4 Å². The maximum absolute atomic E-state index is 11.1. The zero-order chi connectivity index (χ0) is 27.3. The minimum absolute atomic E-state index is 0.189. The third-order valence-electron chi connectivity index (χ3n) is 6.69. The molecule has 0 saturated heterocycles. The van der Waals surface area contributed by atoms with Crippen LogP contribution in [0.15, 0.2) is 0 Å². The number of carboxylic acids is 3. The van der Waals surface area contributed by atoms with E-state index in [0.29, 0.717) is 6.42 Å². The average molecular weight is 515 g/mol. The quantitative estimate of drug-likeness (QED) is 0.0991. The summed E-state index contributed by atoms with van der Waals surface area (Å²) in [6.07, 6.45) is 25.3. The van der Waals surface area contributed by atoms with E-state index in [4.69, 9.17) is 15.3 Å². The molecule has 0 spiro atoms. The van der Waals surface area contributed by atoms with Crippen molar-refractivity contribution in [2.45, 2.75) is 168 Å². The molecule has 0 aromatic carbocycles. The van der Waals surface area contributed by atoms with Crippen molar-refractivity contribution in [1.82, 2.24) is 0 Å². The van der Waals surface area contributed by atoms with Gasteiger partial charge in [0.2, 0.25) is 0 Å². The first-order valence-corrected chi connectivity index (χ1v) is 15.0. The van der Waals surface area contributed by atoms with E-state index < -0.39 is 17.9 Å². The van der Waals surface area contributed by atoms with E-state index >= 15 is 0 Å². The second-order valence-corrected chi connectivity index (χ2v) is 10.3. The summed E-state index contributed by atoms with van der Waals surface area (Å²) >= 11 is 0. The molecule has 6 nitrogen and oxygen atoms in total. The lowest BCUT2D eigenvalue weighted by atomic mass is 9.94. The van der Waals surface area contributed by atoms with Crippen molar-refractivity contribution in [3.8, 4) is 0 Å². The minimum atomic E-state index is -0.733. The van der Waals surface area contributed by atoms with Crippen LogP contribution in [-0.4, -0.2) is 33.2 Å². The van der Waals surface area contributed by atoms with Gasteiger partial charge in [-0.05, 0) is 25.7 Å². The molecule has 0 aliphatic carbocycles. The van der Waals surface area contributed by atoms with Crippen molar-refractivity contribution in [2.75, 3.05) is 0 Å². The lowest BCUT2D eigenvalue weighted by Crippen LogP contribution is -2.13. The molecular formula is C30H58O6. The lowest BCUT2D eigenvalue weighted by Gasteiger charge is -2.11. The predicted molar refractivity (Wildman–Crippen MR) is 149 cm³/mol. The molecule has 0 aliphatic heterocycles. The van der Waals surface area contributed by atoms with Gasteiger partial charge in [0, 0.05) is 12.8 Å². The van der Waals surface area contributed by atoms with Gasteiger partial charge in [0.15, 0.2) is 0 Å². The van der Waals surface area contributed by atoms with Crippen LogP contribution in [0.2, 0.25) is 0 Å². The van der Waals surface area contributed by atoms with Crippen molar-refractivity contribution in [2.24, 2.45) is 5.92 Å².